The highest BCUT2D eigenvalue weighted by atomic mass is 16.6. The van der Waals surface area contributed by atoms with E-state index in [2.05, 4.69) is 39.0 Å². The van der Waals surface area contributed by atoms with Crippen molar-refractivity contribution in [2.45, 2.75) is 32.5 Å². The lowest BCUT2D eigenvalue weighted by molar-refractivity contribution is 0.281. The van der Waals surface area contributed by atoms with Gasteiger partial charge >= 0.3 is 0 Å². The van der Waals surface area contributed by atoms with Gasteiger partial charge in [0.25, 0.3) is 0 Å². The molecular formula is C13H17NO. The van der Waals surface area contributed by atoms with E-state index in [0.29, 0.717) is 11.8 Å². The number of rotatable bonds is 1. The van der Waals surface area contributed by atoms with Crippen molar-refractivity contribution in [3.05, 3.63) is 35.1 Å². The van der Waals surface area contributed by atoms with E-state index in [0.717, 1.165) is 5.70 Å². The van der Waals surface area contributed by atoms with Gasteiger partial charge in [0.15, 0.2) is 0 Å². The van der Waals surface area contributed by atoms with Crippen LogP contribution in [0.4, 0.5) is 0 Å². The maximum absolute atomic E-state index is 6.27. The minimum Gasteiger partial charge on any atom is -0.399 e. The van der Waals surface area contributed by atoms with Crippen molar-refractivity contribution in [2.24, 2.45) is 17.6 Å². The molecule has 80 valence electrons. The zero-order chi connectivity index (χ0) is 10.8. The van der Waals surface area contributed by atoms with E-state index < -0.39 is 0 Å². The molecule has 1 fully saturated rings. The number of nitrogens with two attached hydrogens (primary N) is 1. The molecule has 1 spiro atoms. The zero-order valence-corrected chi connectivity index (χ0v) is 9.45. The highest BCUT2D eigenvalue weighted by molar-refractivity contribution is 5.52. The van der Waals surface area contributed by atoms with E-state index >= 15 is 0 Å². The highest BCUT2D eigenvalue weighted by Crippen LogP contribution is 2.58. The molecule has 1 aliphatic heterocycles. The van der Waals surface area contributed by atoms with Crippen LogP contribution in [0.2, 0.25) is 0 Å². The van der Waals surface area contributed by atoms with E-state index in [1.165, 1.54) is 11.1 Å². The van der Waals surface area contributed by atoms with Crippen LogP contribution in [0.5, 0.6) is 0 Å². The van der Waals surface area contributed by atoms with Gasteiger partial charge in [-0.25, -0.2) is 0 Å². The number of hydrogen-bond donors (Lipinski definition) is 1. The fraction of sp³-hybridized carbons (Fsp3) is 0.538. The summed E-state index contributed by atoms with van der Waals surface area (Å²) >= 11 is 0. The third-order valence-corrected chi connectivity index (χ3v) is 3.86. The van der Waals surface area contributed by atoms with Crippen molar-refractivity contribution in [3.8, 4) is 0 Å². The van der Waals surface area contributed by atoms with E-state index in [-0.39, 0.29) is 11.7 Å². The molecule has 2 N–H and O–H groups in total. The van der Waals surface area contributed by atoms with Gasteiger partial charge in [0.1, 0.15) is 11.7 Å². The predicted octanol–water partition coefficient (Wildman–Crippen LogP) is 2.14. The molecule has 3 aliphatic rings. The Hall–Kier alpha value is -1.02. The van der Waals surface area contributed by atoms with Gasteiger partial charge < -0.3 is 10.5 Å². The van der Waals surface area contributed by atoms with Crippen LogP contribution >= 0.6 is 0 Å². The van der Waals surface area contributed by atoms with Gasteiger partial charge in [-0.05, 0) is 18.4 Å². The summed E-state index contributed by atoms with van der Waals surface area (Å²) in [4.78, 5) is 0. The Bertz CT molecular complexity index is 416. The molecular weight excluding hydrogens is 186 g/mol. The Morgan fingerprint density at radius 1 is 1.40 bits per heavy atom. The standard InChI is InChI=1S/C13H17NO/c1-7(2)9-6-8(3)10-4-5-11-13(10,15-11)12(9)14/h4-7,10-11H,14H2,1-3H3. The van der Waals surface area contributed by atoms with Crippen molar-refractivity contribution in [3.63, 3.8) is 0 Å². The first-order valence-electron chi connectivity index (χ1n) is 5.62. The topological polar surface area (TPSA) is 38.5 Å². The van der Waals surface area contributed by atoms with Crippen LogP contribution in [0.1, 0.15) is 20.8 Å². The van der Waals surface area contributed by atoms with Gasteiger partial charge in [0, 0.05) is 11.6 Å². The minimum atomic E-state index is -0.182. The molecule has 1 heterocycles. The van der Waals surface area contributed by atoms with Crippen LogP contribution in [0.25, 0.3) is 0 Å². The summed E-state index contributed by atoms with van der Waals surface area (Å²) in [5.41, 5.74) is 9.69. The number of hydrogen-bond acceptors (Lipinski definition) is 2. The van der Waals surface area contributed by atoms with Crippen molar-refractivity contribution >= 4 is 0 Å². The van der Waals surface area contributed by atoms with E-state index in [4.69, 9.17) is 10.5 Å². The van der Waals surface area contributed by atoms with E-state index in [1.54, 1.807) is 0 Å². The molecule has 15 heavy (non-hydrogen) atoms. The summed E-state index contributed by atoms with van der Waals surface area (Å²) in [7, 11) is 0. The smallest absolute Gasteiger partial charge is 0.148 e. The quantitative estimate of drug-likeness (QED) is 0.524. The van der Waals surface area contributed by atoms with Crippen LogP contribution in [0.15, 0.2) is 35.1 Å². The van der Waals surface area contributed by atoms with Crippen LogP contribution in [-0.2, 0) is 4.74 Å². The molecule has 0 aromatic carbocycles. The summed E-state index contributed by atoms with van der Waals surface area (Å²) in [6.07, 6.45) is 6.87. The lowest BCUT2D eigenvalue weighted by Gasteiger charge is -2.29. The summed E-state index contributed by atoms with van der Waals surface area (Å²) in [6.45, 7) is 6.54. The Kier molecular flexibility index (Phi) is 1.57. The molecule has 2 aliphatic carbocycles. The largest absolute Gasteiger partial charge is 0.399 e. The lowest BCUT2D eigenvalue weighted by Crippen LogP contribution is -2.35. The lowest BCUT2D eigenvalue weighted by atomic mass is 9.77. The second-order valence-corrected chi connectivity index (χ2v) is 5.11. The molecule has 3 unspecified atom stereocenters. The van der Waals surface area contributed by atoms with Gasteiger partial charge in [-0.15, -0.1) is 0 Å². The van der Waals surface area contributed by atoms with Gasteiger partial charge in [-0.3, -0.25) is 0 Å². The van der Waals surface area contributed by atoms with Gasteiger partial charge in [-0.2, -0.15) is 0 Å². The number of epoxide rings is 1. The number of ether oxygens (including phenoxy) is 1. The van der Waals surface area contributed by atoms with Crippen molar-refractivity contribution in [2.75, 3.05) is 0 Å². The van der Waals surface area contributed by atoms with Crippen LogP contribution in [0.3, 0.4) is 0 Å². The number of allylic oxidation sites excluding steroid dienone is 2. The van der Waals surface area contributed by atoms with Crippen LogP contribution in [-0.4, -0.2) is 11.7 Å². The fourth-order valence-electron chi connectivity index (χ4n) is 2.95. The first kappa shape index (κ1) is 9.22. The normalized spacial score (nSPS) is 41.7. The summed E-state index contributed by atoms with van der Waals surface area (Å²) < 4.78 is 5.80. The molecule has 0 bridgehead atoms. The maximum atomic E-state index is 6.27. The van der Waals surface area contributed by atoms with Gasteiger partial charge in [0.2, 0.25) is 0 Å². The molecule has 2 heteroatoms. The Morgan fingerprint density at radius 2 is 2.13 bits per heavy atom. The Labute approximate surface area is 90.5 Å². The van der Waals surface area contributed by atoms with Crippen molar-refractivity contribution in [1.29, 1.82) is 0 Å². The molecule has 0 amide bonds. The first-order valence-corrected chi connectivity index (χ1v) is 5.62. The molecule has 3 rings (SSSR count). The Morgan fingerprint density at radius 3 is 2.73 bits per heavy atom. The SMILES string of the molecule is CC1=CC(C(C)C)=C(N)C23OC2C=CC13. The molecule has 0 aromatic heterocycles. The molecule has 0 saturated carbocycles. The molecule has 3 atom stereocenters. The molecule has 2 nitrogen and oxygen atoms in total. The van der Waals surface area contributed by atoms with Crippen molar-refractivity contribution in [1.82, 2.24) is 0 Å². The zero-order valence-electron chi connectivity index (χ0n) is 9.45. The molecule has 0 aromatic rings. The summed E-state index contributed by atoms with van der Waals surface area (Å²) in [5, 5.41) is 0. The van der Waals surface area contributed by atoms with E-state index in [1.807, 2.05) is 0 Å². The third-order valence-electron chi connectivity index (χ3n) is 3.86. The summed E-state index contributed by atoms with van der Waals surface area (Å²) in [5.74, 6) is 0.853. The van der Waals surface area contributed by atoms with E-state index in [9.17, 15) is 0 Å². The maximum Gasteiger partial charge on any atom is 0.148 e. The average Bonchev–Trinajstić information content (AvgIpc) is 2.78. The first-order chi connectivity index (χ1) is 7.07. The third kappa shape index (κ3) is 0.932. The van der Waals surface area contributed by atoms with Crippen LogP contribution in [0, 0.1) is 11.8 Å². The average molecular weight is 203 g/mol. The second kappa shape index (κ2) is 2.56. The summed E-state index contributed by atoms with van der Waals surface area (Å²) in [6, 6.07) is 0. The van der Waals surface area contributed by atoms with Gasteiger partial charge in [0.05, 0.1) is 0 Å². The fourth-order valence-corrected chi connectivity index (χ4v) is 2.95. The molecule has 1 saturated heterocycles. The minimum absolute atomic E-state index is 0.182. The van der Waals surface area contributed by atoms with Crippen molar-refractivity contribution < 1.29 is 4.74 Å². The Balaban J connectivity index is 2.13. The van der Waals surface area contributed by atoms with Crippen LogP contribution < -0.4 is 5.73 Å². The van der Waals surface area contributed by atoms with Gasteiger partial charge in [-0.1, -0.05) is 37.6 Å². The monoisotopic (exact) mass is 203 g/mol. The predicted molar refractivity (Wildman–Crippen MR) is 60.0 cm³/mol. The molecule has 0 radical (unpaired) electrons. The highest BCUT2D eigenvalue weighted by Gasteiger charge is 2.66. The second-order valence-electron chi connectivity index (χ2n) is 5.11.